The van der Waals surface area contributed by atoms with E-state index in [0.29, 0.717) is 12.5 Å². The Kier molecular flexibility index (Phi) is 5.66. The van der Waals surface area contributed by atoms with Crippen LogP contribution >= 0.6 is 11.6 Å². The molecule has 1 rings (SSSR count). The molecule has 0 aliphatic rings. The fraction of sp³-hybridized carbons (Fsp3) is 0.417. The monoisotopic (exact) mass is 340 g/mol. The Morgan fingerprint density at radius 3 is 2.52 bits per heavy atom. The van der Waals surface area contributed by atoms with Crippen LogP contribution in [-0.2, 0) is 10.0 Å². The van der Waals surface area contributed by atoms with E-state index in [1.807, 2.05) is 6.92 Å². The number of sulfonamides is 1. The number of rotatable bonds is 5. The second-order valence-corrected chi connectivity index (χ2v) is 6.45. The lowest BCUT2D eigenvalue weighted by Gasteiger charge is -2.15. The zero-order chi connectivity index (χ0) is 16.4. The van der Waals surface area contributed by atoms with E-state index in [9.17, 15) is 22.0 Å². The first-order valence-electron chi connectivity index (χ1n) is 6.10. The predicted molar refractivity (Wildman–Crippen MR) is 74.6 cm³/mol. The summed E-state index contributed by atoms with van der Waals surface area (Å²) in [6, 6.07) is 0.310. The Morgan fingerprint density at radius 2 is 2.05 bits per heavy atom. The van der Waals surface area contributed by atoms with Crippen molar-refractivity contribution in [2.75, 3.05) is 0 Å². The number of nitrogens with two attached hydrogens (primary N) is 1. The van der Waals surface area contributed by atoms with Crippen molar-refractivity contribution in [1.82, 2.24) is 5.32 Å². The molecule has 0 saturated carbocycles. The predicted octanol–water partition coefficient (Wildman–Crippen LogP) is 2.18. The molecule has 0 saturated heterocycles. The molecule has 0 aromatic heterocycles. The maximum Gasteiger partial charge on any atom is 0.253 e. The minimum absolute atomic E-state index is 0.232. The van der Waals surface area contributed by atoms with Crippen LogP contribution in [-0.4, -0.2) is 20.4 Å². The summed E-state index contributed by atoms with van der Waals surface area (Å²) < 4.78 is 49.6. The van der Waals surface area contributed by atoms with Crippen LogP contribution in [0.3, 0.4) is 0 Å². The van der Waals surface area contributed by atoms with E-state index in [1.165, 1.54) is 0 Å². The molecule has 0 bridgehead atoms. The fourth-order valence-electron chi connectivity index (χ4n) is 1.80. The smallest absolute Gasteiger partial charge is 0.253 e. The molecule has 0 aliphatic carbocycles. The Hall–Kier alpha value is -1.25. The van der Waals surface area contributed by atoms with Crippen LogP contribution in [0.15, 0.2) is 11.0 Å². The van der Waals surface area contributed by atoms with Gasteiger partial charge < -0.3 is 5.32 Å². The zero-order valence-electron chi connectivity index (χ0n) is 11.4. The molecule has 0 spiro atoms. The number of benzene rings is 1. The molecule has 21 heavy (non-hydrogen) atoms. The van der Waals surface area contributed by atoms with Gasteiger partial charge in [-0.15, -0.1) is 0 Å². The summed E-state index contributed by atoms with van der Waals surface area (Å²) >= 11 is 5.70. The second-order valence-electron chi connectivity index (χ2n) is 4.57. The molecule has 5 nitrogen and oxygen atoms in total. The van der Waals surface area contributed by atoms with Gasteiger partial charge in [0, 0.05) is 6.04 Å². The maximum absolute atomic E-state index is 13.5. The number of amides is 1. The van der Waals surface area contributed by atoms with Crippen molar-refractivity contribution >= 4 is 27.5 Å². The Morgan fingerprint density at radius 1 is 1.48 bits per heavy atom. The second kappa shape index (κ2) is 6.67. The first kappa shape index (κ1) is 17.8. The Labute approximate surface area is 126 Å². The molecule has 1 unspecified atom stereocenters. The summed E-state index contributed by atoms with van der Waals surface area (Å²) in [5.41, 5.74) is -0.484. The van der Waals surface area contributed by atoms with Gasteiger partial charge in [0.05, 0.1) is 10.6 Å². The molecule has 1 atom stereocenters. The topological polar surface area (TPSA) is 89.3 Å². The normalized spacial score (nSPS) is 13.0. The van der Waals surface area contributed by atoms with Crippen molar-refractivity contribution in [3.8, 4) is 0 Å². The SMILES string of the molecule is CCCC(C)NC(=O)c1cc(F)c(F)c(S(N)(=O)=O)c1Cl. The summed E-state index contributed by atoms with van der Waals surface area (Å²) in [6.45, 7) is 3.63. The molecular weight excluding hydrogens is 326 g/mol. The standard InChI is InChI=1S/C12H15ClF2N2O3S/c1-3-4-6(2)17-12(18)7-5-8(14)10(15)11(9(7)13)21(16,19)20/h5-6H,3-4H2,1-2H3,(H,17,18)(H2,16,19,20). The number of primary sulfonamides is 1. The first-order chi connectivity index (χ1) is 9.59. The average Bonchev–Trinajstić information content (AvgIpc) is 2.32. The van der Waals surface area contributed by atoms with E-state index < -0.39 is 43.0 Å². The van der Waals surface area contributed by atoms with Gasteiger partial charge in [-0.05, 0) is 19.4 Å². The Balaban J connectivity index is 3.33. The van der Waals surface area contributed by atoms with Crippen molar-refractivity contribution < 1.29 is 22.0 Å². The fourth-order valence-corrected chi connectivity index (χ4v) is 3.06. The van der Waals surface area contributed by atoms with Crippen LogP contribution in [0.25, 0.3) is 0 Å². The van der Waals surface area contributed by atoms with Crippen molar-refractivity contribution in [3.05, 3.63) is 28.3 Å². The molecule has 3 N–H and O–H groups in total. The largest absolute Gasteiger partial charge is 0.350 e. The van der Waals surface area contributed by atoms with E-state index >= 15 is 0 Å². The van der Waals surface area contributed by atoms with Crippen molar-refractivity contribution in [1.29, 1.82) is 0 Å². The summed E-state index contributed by atoms with van der Waals surface area (Å²) in [6.07, 6.45) is 1.46. The van der Waals surface area contributed by atoms with Gasteiger partial charge in [-0.3, -0.25) is 4.79 Å². The van der Waals surface area contributed by atoms with E-state index in [-0.39, 0.29) is 6.04 Å². The minimum atomic E-state index is -4.61. The van der Waals surface area contributed by atoms with Crippen molar-refractivity contribution in [2.45, 2.75) is 37.6 Å². The number of carbonyl (C=O) groups excluding carboxylic acids is 1. The molecular formula is C12H15ClF2N2O3S. The minimum Gasteiger partial charge on any atom is -0.350 e. The first-order valence-corrected chi connectivity index (χ1v) is 8.03. The van der Waals surface area contributed by atoms with E-state index in [2.05, 4.69) is 5.32 Å². The molecule has 0 heterocycles. The van der Waals surface area contributed by atoms with Crippen molar-refractivity contribution in [2.24, 2.45) is 5.14 Å². The average molecular weight is 341 g/mol. The van der Waals surface area contributed by atoms with Crippen LogP contribution in [0, 0.1) is 11.6 Å². The van der Waals surface area contributed by atoms with Gasteiger partial charge in [0.1, 0.15) is 4.90 Å². The number of hydrogen-bond acceptors (Lipinski definition) is 3. The zero-order valence-corrected chi connectivity index (χ0v) is 13.0. The van der Waals surface area contributed by atoms with Gasteiger partial charge in [-0.2, -0.15) is 0 Å². The third-order valence-electron chi connectivity index (χ3n) is 2.74. The number of halogens is 3. The molecule has 1 amide bonds. The third kappa shape index (κ3) is 4.12. The molecule has 0 fully saturated rings. The van der Waals surface area contributed by atoms with Gasteiger partial charge in [-0.1, -0.05) is 24.9 Å². The van der Waals surface area contributed by atoms with Crippen LogP contribution < -0.4 is 10.5 Å². The number of carbonyl (C=O) groups is 1. The summed E-state index contributed by atoms with van der Waals surface area (Å²) in [4.78, 5) is 10.7. The van der Waals surface area contributed by atoms with Gasteiger partial charge in [-0.25, -0.2) is 22.3 Å². The highest BCUT2D eigenvalue weighted by Crippen LogP contribution is 2.29. The summed E-state index contributed by atoms with van der Waals surface area (Å²) in [5, 5.41) is 6.57. The number of hydrogen-bond donors (Lipinski definition) is 2. The lowest BCUT2D eigenvalue weighted by Crippen LogP contribution is -2.33. The molecule has 9 heteroatoms. The van der Waals surface area contributed by atoms with Gasteiger partial charge in [0.25, 0.3) is 5.91 Å². The molecule has 118 valence electrons. The lowest BCUT2D eigenvalue weighted by molar-refractivity contribution is 0.0937. The van der Waals surface area contributed by atoms with Crippen LogP contribution in [0.4, 0.5) is 8.78 Å². The highest BCUT2D eigenvalue weighted by Gasteiger charge is 2.28. The highest BCUT2D eigenvalue weighted by molar-refractivity contribution is 7.89. The van der Waals surface area contributed by atoms with E-state index in [0.717, 1.165) is 6.42 Å². The van der Waals surface area contributed by atoms with Crippen LogP contribution in [0.2, 0.25) is 5.02 Å². The Bertz CT molecular complexity index is 665. The van der Waals surface area contributed by atoms with Crippen molar-refractivity contribution in [3.63, 3.8) is 0 Å². The van der Waals surface area contributed by atoms with Gasteiger partial charge in [0.15, 0.2) is 11.6 Å². The van der Waals surface area contributed by atoms with Gasteiger partial charge in [0.2, 0.25) is 10.0 Å². The highest BCUT2D eigenvalue weighted by atomic mass is 35.5. The van der Waals surface area contributed by atoms with E-state index in [4.69, 9.17) is 16.7 Å². The molecule has 0 aliphatic heterocycles. The summed E-state index contributed by atoms with van der Waals surface area (Å²) in [5.74, 6) is -4.03. The van der Waals surface area contributed by atoms with Gasteiger partial charge >= 0.3 is 0 Å². The van der Waals surface area contributed by atoms with Crippen LogP contribution in [0.1, 0.15) is 37.0 Å². The van der Waals surface area contributed by atoms with Crippen LogP contribution in [0.5, 0.6) is 0 Å². The maximum atomic E-state index is 13.5. The lowest BCUT2D eigenvalue weighted by atomic mass is 10.1. The molecule has 1 aromatic carbocycles. The molecule has 0 radical (unpaired) electrons. The quantitative estimate of drug-likeness (QED) is 0.805. The summed E-state index contributed by atoms with van der Waals surface area (Å²) in [7, 11) is -4.61. The number of nitrogens with one attached hydrogen (secondary N) is 1. The third-order valence-corrected chi connectivity index (χ3v) is 4.20. The molecule has 1 aromatic rings. The van der Waals surface area contributed by atoms with E-state index in [1.54, 1.807) is 6.92 Å².